The third-order valence-corrected chi connectivity index (χ3v) is 4.07. The van der Waals surface area contributed by atoms with Crippen LogP contribution in [0.4, 0.5) is 36.8 Å². The molecule has 162 valence electrons. The number of benzene rings is 2. The van der Waals surface area contributed by atoms with Crippen molar-refractivity contribution in [2.75, 3.05) is 18.0 Å². The Morgan fingerprint density at radius 1 is 1.13 bits per heavy atom. The number of anilines is 1. The fraction of sp³-hybridized carbons (Fsp3) is 0.176. The lowest BCUT2D eigenvalue weighted by atomic mass is 10.1. The van der Waals surface area contributed by atoms with Crippen LogP contribution >= 0.6 is 0 Å². The lowest BCUT2D eigenvalue weighted by Crippen LogP contribution is -2.25. The summed E-state index contributed by atoms with van der Waals surface area (Å²) in [5.41, 5.74) is 7.29. The van der Waals surface area contributed by atoms with Crippen LogP contribution in [0.15, 0.2) is 23.3 Å². The molecule has 1 saturated heterocycles. The van der Waals surface area contributed by atoms with E-state index in [4.69, 9.17) is 10.3 Å². The van der Waals surface area contributed by atoms with Gasteiger partial charge < -0.3 is 9.47 Å². The average Bonchev–Trinajstić information content (AvgIpc) is 3.12. The highest BCUT2D eigenvalue weighted by Crippen LogP contribution is 2.30. The quantitative estimate of drug-likeness (QED) is 0.0994. The highest BCUT2D eigenvalue weighted by molar-refractivity contribution is 5.94. The van der Waals surface area contributed by atoms with E-state index < -0.39 is 64.4 Å². The molecule has 2 aromatic carbocycles. The number of amides is 1. The Morgan fingerprint density at radius 2 is 1.74 bits per heavy atom. The topological polar surface area (TPSA) is 105 Å². The molecule has 0 spiro atoms. The van der Waals surface area contributed by atoms with Gasteiger partial charge in [0.05, 0.1) is 24.3 Å². The van der Waals surface area contributed by atoms with Gasteiger partial charge in [0.15, 0.2) is 0 Å². The highest BCUT2D eigenvalue weighted by atomic mass is 19.2. The predicted octanol–water partition coefficient (Wildman–Crippen LogP) is 4.38. The van der Waals surface area contributed by atoms with E-state index in [2.05, 4.69) is 14.8 Å². The largest absolute Gasteiger partial charge is 0.444 e. The molecule has 0 bridgehead atoms. The summed E-state index contributed by atoms with van der Waals surface area (Å²) in [7, 11) is 0. The molecule has 1 amide bonds. The monoisotopic (exact) mass is 446 g/mol. The number of azide groups is 1. The van der Waals surface area contributed by atoms with Crippen molar-refractivity contribution < 1.29 is 45.4 Å². The Bertz CT molecular complexity index is 1110. The van der Waals surface area contributed by atoms with Crippen LogP contribution in [0.25, 0.3) is 10.4 Å². The first-order valence-corrected chi connectivity index (χ1v) is 8.17. The van der Waals surface area contributed by atoms with E-state index in [0.29, 0.717) is 6.07 Å². The molecular weight excluding hydrogens is 438 g/mol. The molecule has 0 N–H and O–H groups in total. The molecule has 0 saturated carbocycles. The van der Waals surface area contributed by atoms with Crippen LogP contribution in [0.5, 0.6) is 5.75 Å². The predicted molar refractivity (Wildman–Crippen MR) is 89.2 cm³/mol. The van der Waals surface area contributed by atoms with Gasteiger partial charge in [0.1, 0.15) is 11.9 Å². The molecular formula is C17H8F6N4O4. The lowest BCUT2D eigenvalue weighted by molar-refractivity contribution is 0.0711. The number of carbonyl (C=O) groups excluding carboxylic acids is 2. The van der Waals surface area contributed by atoms with Gasteiger partial charge in [-0.2, -0.15) is 8.78 Å². The average molecular weight is 446 g/mol. The van der Waals surface area contributed by atoms with E-state index >= 15 is 0 Å². The standard InChI is InChI=1S/C17H8F6N4O4/c18-9-3-6(27-5-7(4-25-26-24)30-17(27)29)1-2-8(9)16(28)31-15-13(22)11(20)10(19)12(21)14(15)23/h1-3,7H,4-5H2/t7-/m0/s1. The molecule has 1 atom stereocenters. The smallest absolute Gasteiger partial charge is 0.414 e. The molecule has 1 aliphatic heterocycles. The second kappa shape index (κ2) is 8.44. The molecule has 1 fully saturated rings. The van der Waals surface area contributed by atoms with Crippen molar-refractivity contribution in [3.8, 4) is 5.75 Å². The van der Waals surface area contributed by atoms with Crippen molar-refractivity contribution in [2.24, 2.45) is 5.11 Å². The Morgan fingerprint density at radius 3 is 2.32 bits per heavy atom. The second-order valence-electron chi connectivity index (χ2n) is 5.98. The maximum absolute atomic E-state index is 14.4. The van der Waals surface area contributed by atoms with Gasteiger partial charge in [-0.05, 0) is 23.7 Å². The number of hydrogen-bond acceptors (Lipinski definition) is 5. The number of cyclic esters (lactones) is 1. The first-order valence-electron chi connectivity index (χ1n) is 8.17. The Hall–Kier alpha value is -3.93. The van der Waals surface area contributed by atoms with Gasteiger partial charge in [-0.3, -0.25) is 4.90 Å². The SMILES string of the molecule is [N-]=[N+]=NC[C@H]1CN(c2ccc(C(=O)Oc3c(F)c(F)c(F)c(F)c3F)c(F)c2)C(=O)O1. The van der Waals surface area contributed by atoms with Crippen molar-refractivity contribution >= 4 is 17.7 Å². The van der Waals surface area contributed by atoms with E-state index in [1.54, 1.807) is 0 Å². The Labute approximate surface area is 168 Å². The van der Waals surface area contributed by atoms with Crippen LogP contribution in [0.1, 0.15) is 10.4 Å². The van der Waals surface area contributed by atoms with Gasteiger partial charge in [0.2, 0.25) is 34.8 Å². The van der Waals surface area contributed by atoms with E-state index in [-0.39, 0.29) is 18.8 Å². The minimum Gasteiger partial charge on any atom is -0.444 e. The molecule has 0 radical (unpaired) electrons. The van der Waals surface area contributed by atoms with Crippen molar-refractivity contribution in [3.63, 3.8) is 0 Å². The number of hydrogen-bond donors (Lipinski definition) is 0. The van der Waals surface area contributed by atoms with Crippen LogP contribution in [0.2, 0.25) is 0 Å². The van der Waals surface area contributed by atoms with Crippen molar-refractivity contribution in [1.29, 1.82) is 0 Å². The molecule has 14 heteroatoms. The van der Waals surface area contributed by atoms with E-state index in [9.17, 15) is 35.9 Å². The zero-order chi connectivity index (χ0) is 22.9. The number of ether oxygens (including phenoxy) is 2. The fourth-order valence-electron chi connectivity index (χ4n) is 2.61. The summed E-state index contributed by atoms with van der Waals surface area (Å²) < 4.78 is 90.2. The third-order valence-electron chi connectivity index (χ3n) is 4.07. The number of carbonyl (C=O) groups is 2. The summed E-state index contributed by atoms with van der Waals surface area (Å²) in [5.74, 6) is -16.9. The van der Waals surface area contributed by atoms with E-state index in [0.717, 1.165) is 17.0 Å². The minimum atomic E-state index is -2.46. The first kappa shape index (κ1) is 21.8. The second-order valence-corrected chi connectivity index (χ2v) is 5.98. The Balaban J connectivity index is 1.84. The number of esters is 1. The van der Waals surface area contributed by atoms with Crippen LogP contribution < -0.4 is 9.64 Å². The van der Waals surface area contributed by atoms with Crippen molar-refractivity contribution in [2.45, 2.75) is 6.10 Å². The van der Waals surface area contributed by atoms with Gasteiger partial charge in [0.25, 0.3) is 0 Å². The maximum Gasteiger partial charge on any atom is 0.414 e. The summed E-state index contributed by atoms with van der Waals surface area (Å²) in [4.78, 5) is 27.4. The number of rotatable bonds is 5. The molecule has 0 aromatic heterocycles. The van der Waals surface area contributed by atoms with Crippen molar-refractivity contribution in [1.82, 2.24) is 0 Å². The first-order chi connectivity index (χ1) is 14.6. The molecule has 0 aliphatic carbocycles. The molecule has 1 heterocycles. The van der Waals surface area contributed by atoms with E-state index in [1.165, 1.54) is 0 Å². The van der Waals surface area contributed by atoms with Gasteiger partial charge >= 0.3 is 12.1 Å². The number of nitrogens with zero attached hydrogens (tertiary/aromatic N) is 4. The molecule has 0 unspecified atom stereocenters. The van der Waals surface area contributed by atoms with Gasteiger partial charge in [-0.15, -0.1) is 0 Å². The van der Waals surface area contributed by atoms with Crippen LogP contribution in [-0.2, 0) is 4.74 Å². The van der Waals surface area contributed by atoms with Crippen LogP contribution in [0, 0.1) is 34.9 Å². The third kappa shape index (κ3) is 4.05. The summed E-state index contributed by atoms with van der Waals surface area (Å²) in [6, 6.07) is 2.51. The van der Waals surface area contributed by atoms with Crippen LogP contribution in [-0.4, -0.2) is 31.3 Å². The van der Waals surface area contributed by atoms with Crippen LogP contribution in [0.3, 0.4) is 0 Å². The van der Waals surface area contributed by atoms with Gasteiger partial charge in [0, 0.05) is 4.91 Å². The highest BCUT2D eigenvalue weighted by Gasteiger charge is 2.33. The molecule has 31 heavy (non-hydrogen) atoms. The Kier molecular flexibility index (Phi) is 5.92. The number of halogens is 6. The summed E-state index contributed by atoms with van der Waals surface area (Å²) in [6.45, 7) is -0.279. The summed E-state index contributed by atoms with van der Waals surface area (Å²) >= 11 is 0. The van der Waals surface area contributed by atoms with E-state index in [1.807, 2.05) is 0 Å². The molecule has 1 aliphatic rings. The summed E-state index contributed by atoms with van der Waals surface area (Å²) in [5, 5.41) is 3.25. The fourth-order valence-corrected chi connectivity index (χ4v) is 2.61. The molecule has 8 nitrogen and oxygen atoms in total. The van der Waals surface area contributed by atoms with Crippen molar-refractivity contribution in [3.05, 3.63) is 69.1 Å². The molecule has 3 rings (SSSR count). The van der Waals surface area contributed by atoms with Gasteiger partial charge in [-0.25, -0.2) is 27.2 Å². The normalized spacial score (nSPS) is 15.5. The zero-order valence-electron chi connectivity index (χ0n) is 14.9. The lowest BCUT2D eigenvalue weighted by Gasteiger charge is -2.14. The minimum absolute atomic E-state index is 0.0845. The van der Waals surface area contributed by atoms with Gasteiger partial charge in [-0.1, -0.05) is 5.11 Å². The molecule has 2 aromatic rings. The zero-order valence-corrected chi connectivity index (χ0v) is 14.9. The summed E-state index contributed by atoms with van der Waals surface area (Å²) in [6.07, 6.45) is -1.69. The maximum atomic E-state index is 14.4.